The highest BCUT2D eigenvalue weighted by atomic mass is 16.6. The van der Waals surface area contributed by atoms with Gasteiger partial charge in [0.15, 0.2) is 0 Å². The molecule has 142 valence electrons. The van der Waals surface area contributed by atoms with E-state index < -0.39 is 0 Å². The fraction of sp³-hybridized carbons (Fsp3) is 0.952. The predicted octanol–water partition coefficient (Wildman–Crippen LogP) is 4.19. The van der Waals surface area contributed by atoms with Crippen molar-refractivity contribution in [2.24, 2.45) is 23.7 Å². The zero-order valence-corrected chi connectivity index (χ0v) is 16.1. The second-order valence-electron chi connectivity index (χ2n) is 9.63. The molecule has 1 unspecified atom stereocenters. The third-order valence-corrected chi connectivity index (χ3v) is 7.58. The molecule has 0 aromatic carbocycles. The number of ether oxygens (including phenoxy) is 1. The minimum absolute atomic E-state index is 0.132. The molecule has 1 heterocycles. The fourth-order valence-corrected chi connectivity index (χ4v) is 6.43. The van der Waals surface area contributed by atoms with Crippen molar-refractivity contribution >= 4 is 6.09 Å². The number of likely N-dealkylation sites (tertiary alicyclic amines) is 1. The van der Waals surface area contributed by atoms with E-state index in [0.29, 0.717) is 5.92 Å². The summed E-state index contributed by atoms with van der Waals surface area (Å²) in [6.45, 7) is 7.81. The van der Waals surface area contributed by atoms with Crippen LogP contribution >= 0.6 is 0 Å². The van der Waals surface area contributed by atoms with Crippen molar-refractivity contribution in [1.29, 1.82) is 0 Å². The Kier molecular flexibility index (Phi) is 5.00. The first kappa shape index (κ1) is 17.6. The van der Waals surface area contributed by atoms with Crippen LogP contribution in [0.1, 0.15) is 71.6 Å². The Morgan fingerprint density at radius 1 is 1.12 bits per heavy atom. The fourth-order valence-electron chi connectivity index (χ4n) is 6.43. The average molecular weight is 349 g/mol. The van der Waals surface area contributed by atoms with E-state index in [0.717, 1.165) is 50.0 Å². The topological polar surface area (TPSA) is 41.6 Å². The number of amides is 1. The summed E-state index contributed by atoms with van der Waals surface area (Å²) in [5.74, 6) is 2.93. The predicted molar refractivity (Wildman–Crippen MR) is 99.4 cm³/mol. The van der Waals surface area contributed by atoms with Crippen LogP contribution in [0.4, 0.5) is 4.79 Å². The maximum atomic E-state index is 12.8. The molecule has 5 rings (SSSR count). The summed E-state index contributed by atoms with van der Waals surface area (Å²) in [7, 11) is 0. The van der Waals surface area contributed by atoms with Crippen molar-refractivity contribution in [3.63, 3.8) is 0 Å². The highest BCUT2D eigenvalue weighted by Crippen LogP contribution is 2.57. The van der Waals surface area contributed by atoms with Gasteiger partial charge in [0.1, 0.15) is 5.60 Å². The van der Waals surface area contributed by atoms with Gasteiger partial charge in [-0.3, -0.25) is 0 Å². The smallest absolute Gasteiger partial charge is 0.407 e. The quantitative estimate of drug-likeness (QED) is 0.782. The summed E-state index contributed by atoms with van der Waals surface area (Å²) in [6.07, 6.45) is 11.0. The van der Waals surface area contributed by atoms with Crippen LogP contribution < -0.4 is 5.32 Å². The summed E-state index contributed by atoms with van der Waals surface area (Å²) in [6, 6.07) is 0.213. The van der Waals surface area contributed by atoms with Gasteiger partial charge >= 0.3 is 6.09 Å². The van der Waals surface area contributed by atoms with Crippen molar-refractivity contribution in [2.75, 3.05) is 19.6 Å². The third kappa shape index (κ3) is 3.84. The highest BCUT2D eigenvalue weighted by molar-refractivity contribution is 5.68. The number of hydrogen-bond acceptors (Lipinski definition) is 3. The van der Waals surface area contributed by atoms with E-state index in [4.69, 9.17) is 4.74 Å². The molecule has 1 saturated heterocycles. The van der Waals surface area contributed by atoms with Gasteiger partial charge in [0.05, 0.1) is 0 Å². The summed E-state index contributed by atoms with van der Waals surface area (Å²) < 4.78 is 6.17. The first-order valence-corrected chi connectivity index (χ1v) is 10.8. The summed E-state index contributed by atoms with van der Waals surface area (Å²) >= 11 is 0. The number of carbonyl (C=O) groups excluding carboxylic acids is 1. The SMILES string of the molecule is CCC(C)[C@@H](CN1CCCC1)NC(=O)OC12CC3CC(CC(C3)C1)C2. The molecule has 0 spiro atoms. The lowest BCUT2D eigenvalue weighted by Gasteiger charge is -2.55. The Hall–Kier alpha value is -0.770. The molecule has 0 radical (unpaired) electrons. The molecule has 4 saturated carbocycles. The lowest BCUT2D eigenvalue weighted by Crippen LogP contribution is -2.55. The van der Waals surface area contributed by atoms with E-state index in [1.165, 1.54) is 45.2 Å². The van der Waals surface area contributed by atoms with E-state index in [1.807, 2.05) is 0 Å². The standard InChI is InChI=1S/C21H36N2O2/c1-3-15(2)19(14-23-6-4-5-7-23)22-20(24)25-21-11-16-8-17(12-21)10-18(9-16)13-21/h15-19H,3-14H2,1-2H3,(H,22,24)/t15?,16?,17?,18?,19-,21?/m1/s1. The van der Waals surface area contributed by atoms with Gasteiger partial charge in [-0.15, -0.1) is 0 Å². The second-order valence-corrected chi connectivity index (χ2v) is 9.63. The Labute approximate surface area is 153 Å². The Bertz CT molecular complexity index is 451. The van der Waals surface area contributed by atoms with Gasteiger partial charge in [-0.05, 0) is 88.1 Å². The summed E-state index contributed by atoms with van der Waals surface area (Å²) in [4.78, 5) is 15.3. The molecular weight excluding hydrogens is 312 g/mol. The molecule has 4 aliphatic carbocycles. The Balaban J connectivity index is 1.36. The molecule has 1 aliphatic heterocycles. The van der Waals surface area contributed by atoms with Gasteiger partial charge in [-0.25, -0.2) is 4.79 Å². The number of nitrogens with one attached hydrogen (secondary N) is 1. The lowest BCUT2D eigenvalue weighted by molar-refractivity contribution is -0.128. The third-order valence-electron chi connectivity index (χ3n) is 7.58. The first-order valence-electron chi connectivity index (χ1n) is 10.8. The summed E-state index contributed by atoms with van der Waals surface area (Å²) in [5.41, 5.74) is -0.132. The second kappa shape index (κ2) is 7.09. The number of rotatable bonds is 6. The molecule has 1 amide bonds. The maximum absolute atomic E-state index is 12.8. The Morgan fingerprint density at radius 3 is 2.20 bits per heavy atom. The van der Waals surface area contributed by atoms with E-state index in [-0.39, 0.29) is 17.7 Å². The summed E-state index contributed by atoms with van der Waals surface area (Å²) in [5, 5.41) is 3.27. The largest absolute Gasteiger partial charge is 0.443 e. The van der Waals surface area contributed by atoms with E-state index in [2.05, 4.69) is 24.1 Å². The van der Waals surface area contributed by atoms with Gasteiger partial charge in [-0.2, -0.15) is 0 Å². The molecule has 5 fully saturated rings. The Morgan fingerprint density at radius 2 is 1.68 bits per heavy atom. The molecular formula is C21H36N2O2. The van der Waals surface area contributed by atoms with Crippen LogP contribution in [0.2, 0.25) is 0 Å². The van der Waals surface area contributed by atoms with Gasteiger partial charge in [0.2, 0.25) is 0 Å². The van der Waals surface area contributed by atoms with Crippen LogP contribution in [0, 0.1) is 23.7 Å². The molecule has 5 aliphatic rings. The van der Waals surface area contributed by atoms with E-state index >= 15 is 0 Å². The van der Waals surface area contributed by atoms with Crippen LogP contribution in [0.3, 0.4) is 0 Å². The molecule has 4 bridgehead atoms. The van der Waals surface area contributed by atoms with Crippen molar-refractivity contribution in [3.05, 3.63) is 0 Å². The molecule has 1 N–H and O–H groups in total. The van der Waals surface area contributed by atoms with Crippen LogP contribution in [0.15, 0.2) is 0 Å². The monoisotopic (exact) mass is 348 g/mol. The van der Waals surface area contributed by atoms with Gasteiger partial charge < -0.3 is 15.0 Å². The highest BCUT2D eigenvalue weighted by Gasteiger charge is 2.53. The number of carbonyl (C=O) groups is 1. The molecule has 4 nitrogen and oxygen atoms in total. The zero-order valence-electron chi connectivity index (χ0n) is 16.1. The number of alkyl carbamates (subject to hydrolysis) is 1. The first-order chi connectivity index (χ1) is 12.0. The van der Waals surface area contributed by atoms with Crippen LogP contribution in [-0.4, -0.2) is 42.3 Å². The van der Waals surface area contributed by atoms with E-state index in [1.54, 1.807) is 0 Å². The minimum Gasteiger partial charge on any atom is -0.443 e. The van der Waals surface area contributed by atoms with Gasteiger partial charge in [0.25, 0.3) is 0 Å². The van der Waals surface area contributed by atoms with Crippen molar-refractivity contribution in [2.45, 2.75) is 83.3 Å². The van der Waals surface area contributed by atoms with Crippen molar-refractivity contribution < 1.29 is 9.53 Å². The van der Waals surface area contributed by atoms with Crippen molar-refractivity contribution in [3.8, 4) is 0 Å². The maximum Gasteiger partial charge on any atom is 0.407 e. The van der Waals surface area contributed by atoms with Gasteiger partial charge in [-0.1, -0.05) is 20.3 Å². The zero-order chi connectivity index (χ0) is 17.4. The van der Waals surface area contributed by atoms with E-state index in [9.17, 15) is 4.79 Å². The molecule has 0 aromatic rings. The number of hydrogen-bond donors (Lipinski definition) is 1. The van der Waals surface area contributed by atoms with Gasteiger partial charge in [0, 0.05) is 12.6 Å². The minimum atomic E-state index is -0.147. The van der Waals surface area contributed by atoms with Crippen LogP contribution in [-0.2, 0) is 4.74 Å². The van der Waals surface area contributed by atoms with Crippen molar-refractivity contribution in [1.82, 2.24) is 10.2 Å². The normalized spacial score (nSPS) is 39.4. The molecule has 4 heteroatoms. The van der Waals surface area contributed by atoms with Crippen LogP contribution in [0.25, 0.3) is 0 Å². The number of nitrogens with zero attached hydrogens (tertiary/aromatic N) is 1. The lowest BCUT2D eigenvalue weighted by atomic mass is 9.54. The molecule has 25 heavy (non-hydrogen) atoms. The molecule has 0 aromatic heterocycles. The van der Waals surface area contributed by atoms with Crippen LogP contribution in [0.5, 0.6) is 0 Å². The molecule has 2 atom stereocenters. The average Bonchev–Trinajstić information content (AvgIpc) is 3.04.